The second-order valence-electron chi connectivity index (χ2n) is 6.70. The molecule has 0 aliphatic carbocycles. The Bertz CT molecular complexity index is 892. The summed E-state index contributed by atoms with van der Waals surface area (Å²) in [7, 11) is -0.267. The molecule has 0 aromatic heterocycles. The zero-order valence-corrected chi connectivity index (χ0v) is 16.3. The molecule has 0 radical (unpaired) electrons. The second-order valence-corrected chi connectivity index (χ2v) is 9.01. The first kappa shape index (κ1) is 19.9. The fourth-order valence-corrected chi connectivity index (χ4v) is 4.79. The number of nitrogens with one attached hydrogen (secondary N) is 2. The Hall–Kier alpha value is -2.82. The van der Waals surface area contributed by atoms with Crippen LogP contribution in [-0.4, -0.2) is 69.0 Å². The molecule has 1 spiro atoms. The molecule has 4 amide bonds. The van der Waals surface area contributed by atoms with Gasteiger partial charge in [0.2, 0.25) is 5.91 Å². The van der Waals surface area contributed by atoms with Gasteiger partial charge in [0.15, 0.2) is 9.84 Å². The molecular weight excluding hydrogens is 390 g/mol. The fourth-order valence-electron chi connectivity index (χ4n) is 3.27. The summed E-state index contributed by atoms with van der Waals surface area (Å²) >= 11 is 0. The second kappa shape index (κ2) is 7.30. The Labute approximate surface area is 162 Å². The lowest BCUT2D eigenvalue weighted by molar-refractivity contribution is -0.134. The summed E-state index contributed by atoms with van der Waals surface area (Å²) in [6, 6.07) is 4.07. The summed E-state index contributed by atoms with van der Waals surface area (Å²) < 4.78 is 33.5. The molecule has 0 atom stereocenters. The van der Waals surface area contributed by atoms with Crippen LogP contribution in [0.15, 0.2) is 18.2 Å². The normalized spacial score (nSPS) is 20.0. The maximum absolute atomic E-state index is 12.7. The highest BCUT2D eigenvalue weighted by molar-refractivity contribution is 7.91. The molecule has 1 aromatic carbocycles. The van der Waals surface area contributed by atoms with Gasteiger partial charge in [0.25, 0.3) is 5.91 Å². The molecule has 2 fully saturated rings. The van der Waals surface area contributed by atoms with Crippen molar-refractivity contribution in [3.05, 3.63) is 18.2 Å². The van der Waals surface area contributed by atoms with Crippen molar-refractivity contribution in [1.29, 1.82) is 0 Å². The number of hydrogen-bond acceptors (Lipinski definition) is 7. The third-order valence-corrected chi connectivity index (χ3v) is 6.51. The van der Waals surface area contributed by atoms with Crippen LogP contribution in [0.25, 0.3) is 0 Å². The first-order valence-corrected chi connectivity index (χ1v) is 10.4. The quantitative estimate of drug-likeness (QED) is 0.659. The Morgan fingerprint density at radius 1 is 1.14 bits per heavy atom. The van der Waals surface area contributed by atoms with Crippen LogP contribution in [0.5, 0.6) is 11.5 Å². The van der Waals surface area contributed by atoms with E-state index in [4.69, 9.17) is 9.47 Å². The molecule has 0 bridgehead atoms. The van der Waals surface area contributed by atoms with Gasteiger partial charge in [0.1, 0.15) is 23.6 Å². The van der Waals surface area contributed by atoms with Crippen LogP contribution in [0.2, 0.25) is 0 Å². The van der Waals surface area contributed by atoms with Gasteiger partial charge in [0, 0.05) is 23.9 Å². The van der Waals surface area contributed by atoms with E-state index in [0.717, 1.165) is 4.90 Å². The summed E-state index contributed by atoms with van der Waals surface area (Å²) in [4.78, 5) is 38.1. The summed E-state index contributed by atoms with van der Waals surface area (Å²) in [6.07, 6.45) is 0.0101. The number of carbonyl (C=O) groups excluding carboxylic acids is 3. The summed E-state index contributed by atoms with van der Waals surface area (Å²) in [5.74, 6) is -0.588. The molecule has 0 saturated carbocycles. The van der Waals surface area contributed by atoms with E-state index in [1.165, 1.54) is 14.2 Å². The number of nitrogens with zero attached hydrogens (tertiary/aromatic N) is 1. The average molecular weight is 411 g/mol. The molecular formula is C17H21N3O7S. The number of benzene rings is 1. The highest BCUT2D eigenvalue weighted by Crippen LogP contribution is 2.30. The highest BCUT2D eigenvalue weighted by Gasteiger charge is 2.53. The van der Waals surface area contributed by atoms with Crippen LogP contribution in [0.4, 0.5) is 10.5 Å². The number of hydrogen-bond donors (Lipinski definition) is 2. The SMILES string of the molecule is COc1cc(NC(=O)CN2C(=O)NC3(CCS(=O)(=O)CC3)C2=O)cc(OC)c1. The number of rotatable bonds is 5. The molecule has 3 rings (SSSR count). The lowest BCUT2D eigenvalue weighted by atomic mass is 9.92. The zero-order valence-electron chi connectivity index (χ0n) is 15.5. The maximum Gasteiger partial charge on any atom is 0.325 e. The number of imide groups is 1. The Morgan fingerprint density at radius 2 is 1.71 bits per heavy atom. The van der Waals surface area contributed by atoms with Crippen molar-refractivity contribution in [2.45, 2.75) is 18.4 Å². The van der Waals surface area contributed by atoms with Crippen LogP contribution in [0.3, 0.4) is 0 Å². The van der Waals surface area contributed by atoms with Gasteiger partial charge in [-0.3, -0.25) is 14.5 Å². The van der Waals surface area contributed by atoms with Gasteiger partial charge in [-0.05, 0) is 12.8 Å². The zero-order chi connectivity index (χ0) is 20.5. The summed E-state index contributed by atoms with van der Waals surface area (Å²) in [6.45, 7) is -0.487. The van der Waals surface area contributed by atoms with E-state index in [2.05, 4.69) is 10.6 Å². The number of anilines is 1. The fraction of sp³-hybridized carbons (Fsp3) is 0.471. The Morgan fingerprint density at radius 3 is 2.25 bits per heavy atom. The van der Waals surface area contributed by atoms with E-state index in [0.29, 0.717) is 17.2 Å². The predicted octanol–water partition coefficient (Wildman–Crippen LogP) is 0.142. The molecule has 10 nitrogen and oxygen atoms in total. The number of urea groups is 1. The van der Waals surface area contributed by atoms with Crippen molar-refractivity contribution in [2.75, 3.05) is 37.6 Å². The molecule has 11 heteroatoms. The van der Waals surface area contributed by atoms with Gasteiger partial charge in [-0.2, -0.15) is 0 Å². The lowest BCUT2D eigenvalue weighted by Crippen LogP contribution is -2.52. The van der Waals surface area contributed by atoms with E-state index in [-0.39, 0.29) is 24.3 Å². The van der Waals surface area contributed by atoms with Crippen molar-refractivity contribution < 1.29 is 32.3 Å². The van der Waals surface area contributed by atoms with Gasteiger partial charge >= 0.3 is 6.03 Å². The molecule has 2 saturated heterocycles. The van der Waals surface area contributed by atoms with Gasteiger partial charge in [-0.1, -0.05) is 0 Å². The minimum absolute atomic E-state index is 0.00507. The minimum atomic E-state index is -3.21. The Kier molecular flexibility index (Phi) is 5.20. The largest absolute Gasteiger partial charge is 0.497 e. The van der Waals surface area contributed by atoms with Gasteiger partial charge in [0.05, 0.1) is 25.7 Å². The molecule has 1 aromatic rings. The monoisotopic (exact) mass is 411 g/mol. The summed E-state index contributed by atoms with van der Waals surface area (Å²) in [5, 5.41) is 5.16. The highest BCUT2D eigenvalue weighted by atomic mass is 32.2. The van der Waals surface area contributed by atoms with Gasteiger partial charge < -0.3 is 20.1 Å². The molecule has 152 valence electrons. The van der Waals surface area contributed by atoms with Crippen LogP contribution in [-0.2, 0) is 19.4 Å². The van der Waals surface area contributed by atoms with Crippen molar-refractivity contribution in [3.8, 4) is 11.5 Å². The van der Waals surface area contributed by atoms with Crippen molar-refractivity contribution >= 4 is 33.4 Å². The summed E-state index contributed by atoms with van der Waals surface area (Å²) in [5.41, 5.74) is -0.867. The molecule has 2 N–H and O–H groups in total. The third kappa shape index (κ3) is 3.88. The third-order valence-electron chi connectivity index (χ3n) is 4.86. The minimum Gasteiger partial charge on any atom is -0.497 e. The van der Waals surface area contributed by atoms with Crippen molar-refractivity contribution in [1.82, 2.24) is 10.2 Å². The predicted molar refractivity (Wildman–Crippen MR) is 99.0 cm³/mol. The van der Waals surface area contributed by atoms with Gasteiger partial charge in [-0.15, -0.1) is 0 Å². The van der Waals surface area contributed by atoms with Crippen LogP contribution in [0, 0.1) is 0 Å². The molecule has 28 heavy (non-hydrogen) atoms. The van der Waals surface area contributed by atoms with E-state index in [1.54, 1.807) is 18.2 Å². The van der Waals surface area contributed by atoms with Crippen LogP contribution < -0.4 is 20.1 Å². The number of sulfone groups is 1. The van der Waals surface area contributed by atoms with E-state index >= 15 is 0 Å². The van der Waals surface area contributed by atoms with Crippen LogP contribution in [0.1, 0.15) is 12.8 Å². The number of methoxy groups -OCH3 is 2. The van der Waals surface area contributed by atoms with Crippen molar-refractivity contribution in [2.24, 2.45) is 0 Å². The average Bonchev–Trinajstić information content (AvgIpc) is 2.88. The molecule has 2 aliphatic rings. The molecule has 2 aliphatic heterocycles. The first-order valence-electron chi connectivity index (χ1n) is 8.55. The Balaban J connectivity index is 1.69. The van der Waals surface area contributed by atoms with E-state index in [1.807, 2.05) is 0 Å². The number of amides is 4. The molecule has 2 heterocycles. The van der Waals surface area contributed by atoms with Crippen molar-refractivity contribution in [3.63, 3.8) is 0 Å². The lowest BCUT2D eigenvalue weighted by Gasteiger charge is -2.30. The van der Waals surface area contributed by atoms with E-state index < -0.39 is 39.8 Å². The topological polar surface area (TPSA) is 131 Å². The standard InChI is InChI=1S/C17H21N3O7S/c1-26-12-7-11(8-13(9-12)27-2)18-14(21)10-20-15(22)17(19-16(20)23)3-5-28(24,25)6-4-17/h7-9H,3-6,10H2,1-2H3,(H,18,21)(H,19,23). The van der Waals surface area contributed by atoms with Gasteiger partial charge in [-0.25, -0.2) is 13.2 Å². The maximum atomic E-state index is 12.7. The number of carbonyl (C=O) groups is 3. The number of ether oxygens (including phenoxy) is 2. The molecule has 0 unspecified atom stereocenters. The first-order chi connectivity index (χ1) is 13.2. The van der Waals surface area contributed by atoms with Crippen LogP contribution >= 0.6 is 0 Å². The van der Waals surface area contributed by atoms with E-state index in [9.17, 15) is 22.8 Å². The smallest absolute Gasteiger partial charge is 0.325 e.